The Balaban J connectivity index is 1.67. The van der Waals surface area contributed by atoms with E-state index < -0.39 is 0 Å². The van der Waals surface area contributed by atoms with E-state index in [1.165, 1.54) is 0 Å². The second-order valence-corrected chi connectivity index (χ2v) is 5.67. The number of hydrogen-bond donors (Lipinski definition) is 1. The summed E-state index contributed by atoms with van der Waals surface area (Å²) < 4.78 is 7.97. The van der Waals surface area contributed by atoms with Gasteiger partial charge in [0.05, 0.1) is 18.1 Å². The van der Waals surface area contributed by atoms with Crippen molar-refractivity contribution in [3.05, 3.63) is 39.9 Å². The maximum absolute atomic E-state index is 12.2. The predicted molar refractivity (Wildman–Crippen MR) is 80.2 cm³/mol. The van der Waals surface area contributed by atoms with Crippen molar-refractivity contribution in [1.82, 2.24) is 20.1 Å². The van der Waals surface area contributed by atoms with E-state index in [4.69, 9.17) is 4.74 Å². The van der Waals surface area contributed by atoms with Crippen molar-refractivity contribution in [3.8, 4) is 5.75 Å². The summed E-state index contributed by atoms with van der Waals surface area (Å²) in [7, 11) is 1.59. The number of methoxy groups -OCH3 is 1. The van der Waals surface area contributed by atoms with Crippen LogP contribution < -0.4 is 10.1 Å². The second kappa shape index (κ2) is 5.85. The van der Waals surface area contributed by atoms with Crippen molar-refractivity contribution in [2.75, 3.05) is 7.11 Å². The molecule has 2 aromatic rings. The van der Waals surface area contributed by atoms with Crippen LogP contribution in [0.3, 0.4) is 0 Å². The normalized spacial score (nSPS) is 13.0. The summed E-state index contributed by atoms with van der Waals surface area (Å²) in [6, 6.07) is 5.23. The third-order valence-electron chi connectivity index (χ3n) is 3.51. The molecule has 0 saturated carbocycles. The summed E-state index contributed by atoms with van der Waals surface area (Å²) in [4.78, 5) is 12.2. The van der Waals surface area contributed by atoms with Gasteiger partial charge in [0.15, 0.2) is 5.82 Å². The summed E-state index contributed by atoms with van der Waals surface area (Å²) in [5.74, 6) is 2.37. The Morgan fingerprint density at radius 3 is 3.10 bits per heavy atom. The highest BCUT2D eigenvalue weighted by Gasteiger charge is 2.17. The van der Waals surface area contributed by atoms with Crippen LogP contribution in [0.1, 0.15) is 28.4 Å². The molecule has 1 aliphatic rings. The summed E-state index contributed by atoms with van der Waals surface area (Å²) in [6.45, 7) is 1.32. The Bertz CT molecular complexity index is 684. The lowest BCUT2D eigenvalue weighted by Crippen LogP contribution is -2.24. The van der Waals surface area contributed by atoms with Crippen molar-refractivity contribution < 1.29 is 9.53 Å². The molecule has 0 aliphatic carbocycles. The molecule has 1 aromatic carbocycles. The lowest BCUT2D eigenvalue weighted by atomic mass is 10.2. The third kappa shape index (κ3) is 2.78. The van der Waals surface area contributed by atoms with Gasteiger partial charge in [-0.05, 0) is 40.5 Å². The average molecular weight is 351 g/mol. The van der Waals surface area contributed by atoms with Crippen molar-refractivity contribution in [2.24, 2.45) is 0 Å². The van der Waals surface area contributed by atoms with Crippen molar-refractivity contribution in [3.63, 3.8) is 0 Å². The highest BCUT2D eigenvalue weighted by Crippen LogP contribution is 2.25. The van der Waals surface area contributed by atoms with E-state index in [-0.39, 0.29) is 5.91 Å². The molecule has 1 aliphatic heterocycles. The van der Waals surface area contributed by atoms with Gasteiger partial charge in [0, 0.05) is 18.5 Å². The molecule has 0 saturated heterocycles. The Kier molecular flexibility index (Phi) is 3.92. The smallest absolute Gasteiger partial charge is 0.251 e. The molecule has 0 fully saturated rings. The minimum absolute atomic E-state index is 0.145. The molecule has 0 radical (unpaired) electrons. The average Bonchev–Trinajstić information content (AvgIpc) is 3.08. The molecular weight excluding hydrogens is 336 g/mol. The topological polar surface area (TPSA) is 69.0 Å². The van der Waals surface area contributed by atoms with Crippen LogP contribution in [-0.4, -0.2) is 27.8 Å². The fourth-order valence-electron chi connectivity index (χ4n) is 2.41. The zero-order valence-corrected chi connectivity index (χ0v) is 13.2. The molecule has 0 atom stereocenters. The fraction of sp³-hybridized carbons (Fsp3) is 0.357. The quantitative estimate of drug-likeness (QED) is 0.914. The number of carbonyl (C=O) groups excluding carboxylic acids is 1. The summed E-state index contributed by atoms with van der Waals surface area (Å²) >= 11 is 3.37. The van der Waals surface area contributed by atoms with Gasteiger partial charge in [0.1, 0.15) is 11.6 Å². The molecule has 3 rings (SSSR count). The number of fused-ring (bicyclic) bond motifs is 1. The van der Waals surface area contributed by atoms with Crippen LogP contribution in [0.15, 0.2) is 22.7 Å². The number of aromatic nitrogens is 3. The number of halogens is 1. The first-order valence-electron chi connectivity index (χ1n) is 6.71. The molecule has 7 heteroatoms. The minimum atomic E-state index is -0.145. The van der Waals surface area contributed by atoms with Gasteiger partial charge in [-0.2, -0.15) is 0 Å². The molecule has 110 valence electrons. The number of benzene rings is 1. The number of amides is 1. The van der Waals surface area contributed by atoms with Crippen LogP contribution in [0, 0.1) is 0 Å². The number of carbonyl (C=O) groups is 1. The standard InChI is InChI=1S/C14H15BrN4O2/c1-21-11-5-4-9(7-10(11)15)14(20)16-8-13-18-17-12-3-2-6-19(12)13/h4-5,7H,2-3,6,8H2,1H3,(H,16,20). The maximum Gasteiger partial charge on any atom is 0.251 e. The molecule has 6 nitrogen and oxygen atoms in total. The van der Waals surface area contributed by atoms with E-state index >= 15 is 0 Å². The van der Waals surface area contributed by atoms with Crippen LogP contribution in [0.2, 0.25) is 0 Å². The number of aryl methyl sites for hydroxylation is 1. The molecular formula is C14H15BrN4O2. The predicted octanol–water partition coefficient (Wildman–Crippen LogP) is 1.93. The van der Waals surface area contributed by atoms with Crippen LogP contribution >= 0.6 is 15.9 Å². The van der Waals surface area contributed by atoms with Crippen molar-refractivity contribution in [2.45, 2.75) is 25.9 Å². The molecule has 0 unspecified atom stereocenters. The van der Waals surface area contributed by atoms with E-state index in [0.29, 0.717) is 17.9 Å². The highest BCUT2D eigenvalue weighted by atomic mass is 79.9. The molecule has 0 bridgehead atoms. The van der Waals surface area contributed by atoms with E-state index in [2.05, 4.69) is 36.0 Å². The second-order valence-electron chi connectivity index (χ2n) is 4.82. The molecule has 0 spiro atoms. The van der Waals surface area contributed by atoms with Crippen molar-refractivity contribution in [1.29, 1.82) is 0 Å². The molecule has 21 heavy (non-hydrogen) atoms. The lowest BCUT2D eigenvalue weighted by molar-refractivity contribution is 0.0949. The van der Waals surface area contributed by atoms with Crippen molar-refractivity contribution >= 4 is 21.8 Å². The first kappa shape index (κ1) is 14.1. The number of nitrogens with zero attached hydrogens (tertiary/aromatic N) is 3. The SMILES string of the molecule is COc1ccc(C(=O)NCc2nnc3n2CCC3)cc1Br. The number of hydrogen-bond acceptors (Lipinski definition) is 4. The number of ether oxygens (including phenoxy) is 1. The fourth-order valence-corrected chi connectivity index (χ4v) is 2.95. The molecule has 1 amide bonds. The van der Waals surface area contributed by atoms with Crippen LogP contribution in [0.25, 0.3) is 0 Å². The first-order valence-corrected chi connectivity index (χ1v) is 7.51. The van der Waals surface area contributed by atoms with E-state index in [9.17, 15) is 4.79 Å². The molecule has 1 N–H and O–H groups in total. The van der Waals surface area contributed by atoms with Crippen LogP contribution in [0.5, 0.6) is 5.75 Å². The van der Waals surface area contributed by atoms with E-state index in [1.54, 1.807) is 25.3 Å². The number of nitrogens with one attached hydrogen (secondary N) is 1. The van der Waals surface area contributed by atoms with E-state index in [1.807, 2.05) is 0 Å². The Morgan fingerprint density at radius 2 is 2.33 bits per heavy atom. The lowest BCUT2D eigenvalue weighted by Gasteiger charge is -2.08. The van der Waals surface area contributed by atoms with Gasteiger partial charge in [0.2, 0.25) is 0 Å². The highest BCUT2D eigenvalue weighted by molar-refractivity contribution is 9.10. The summed E-state index contributed by atoms with van der Waals surface area (Å²) in [6.07, 6.45) is 2.06. The van der Waals surface area contributed by atoms with Gasteiger partial charge in [0.25, 0.3) is 5.91 Å². The monoisotopic (exact) mass is 350 g/mol. The molecule has 1 aromatic heterocycles. The summed E-state index contributed by atoms with van der Waals surface area (Å²) in [5, 5.41) is 11.1. The Labute approximate surface area is 130 Å². The maximum atomic E-state index is 12.2. The zero-order valence-electron chi connectivity index (χ0n) is 11.6. The van der Waals surface area contributed by atoms with Crippen LogP contribution in [0.4, 0.5) is 0 Å². The van der Waals surface area contributed by atoms with Gasteiger partial charge in [-0.1, -0.05) is 0 Å². The first-order chi connectivity index (χ1) is 10.2. The third-order valence-corrected chi connectivity index (χ3v) is 4.13. The Morgan fingerprint density at radius 1 is 1.48 bits per heavy atom. The molecule has 2 heterocycles. The zero-order chi connectivity index (χ0) is 14.8. The van der Waals surface area contributed by atoms with Gasteiger partial charge < -0.3 is 14.6 Å². The van der Waals surface area contributed by atoms with Crippen LogP contribution in [-0.2, 0) is 19.5 Å². The van der Waals surface area contributed by atoms with Gasteiger partial charge in [-0.25, -0.2) is 0 Å². The summed E-state index contributed by atoms with van der Waals surface area (Å²) in [5.41, 5.74) is 0.573. The van der Waals surface area contributed by atoms with E-state index in [0.717, 1.165) is 35.5 Å². The number of rotatable bonds is 4. The largest absolute Gasteiger partial charge is 0.496 e. The minimum Gasteiger partial charge on any atom is -0.496 e. The van der Waals surface area contributed by atoms with Gasteiger partial charge >= 0.3 is 0 Å². The van der Waals surface area contributed by atoms with Gasteiger partial charge in [-0.15, -0.1) is 10.2 Å². The van der Waals surface area contributed by atoms with Gasteiger partial charge in [-0.3, -0.25) is 4.79 Å². The Hall–Kier alpha value is -1.89.